The van der Waals surface area contributed by atoms with E-state index in [1.54, 1.807) is 39.5 Å². The van der Waals surface area contributed by atoms with Gasteiger partial charge >= 0.3 is 0 Å². The van der Waals surface area contributed by atoms with Gasteiger partial charge in [0.2, 0.25) is 11.7 Å². The second-order valence-corrected chi connectivity index (χ2v) is 6.61. The maximum absolute atomic E-state index is 13.8. The Morgan fingerprint density at radius 2 is 1.72 bits per heavy atom. The monoisotopic (exact) mass is 404 g/mol. The molecule has 0 unspecified atom stereocenters. The van der Waals surface area contributed by atoms with Crippen LogP contribution in [0.25, 0.3) is 0 Å². The van der Waals surface area contributed by atoms with E-state index in [1.807, 2.05) is 24.1 Å². The fourth-order valence-corrected chi connectivity index (χ4v) is 3.05. The highest BCUT2D eigenvalue weighted by atomic mass is 19.1. The van der Waals surface area contributed by atoms with E-state index in [4.69, 9.17) is 14.2 Å². The van der Waals surface area contributed by atoms with Crippen molar-refractivity contribution in [3.8, 4) is 17.2 Å². The van der Waals surface area contributed by atoms with Crippen molar-refractivity contribution < 1.29 is 23.4 Å². The van der Waals surface area contributed by atoms with Crippen molar-refractivity contribution in [2.75, 3.05) is 46.4 Å². The van der Waals surface area contributed by atoms with Gasteiger partial charge in [-0.05, 0) is 42.7 Å². The summed E-state index contributed by atoms with van der Waals surface area (Å²) in [4.78, 5) is 14.0. The molecule has 158 valence electrons. The maximum atomic E-state index is 13.8. The highest BCUT2D eigenvalue weighted by Gasteiger charge is 2.14. The lowest BCUT2D eigenvalue weighted by atomic mass is 10.1. The van der Waals surface area contributed by atoms with Crippen molar-refractivity contribution in [3.05, 3.63) is 47.8 Å². The first kappa shape index (κ1) is 22.3. The maximum Gasteiger partial charge on any atom is 0.220 e. The number of ether oxygens (including phenoxy) is 3. The molecule has 7 heteroatoms. The van der Waals surface area contributed by atoms with Crippen molar-refractivity contribution in [1.29, 1.82) is 0 Å². The molecular formula is C22H29FN2O4. The van der Waals surface area contributed by atoms with Crippen LogP contribution in [0.4, 0.5) is 10.1 Å². The predicted octanol–water partition coefficient (Wildman–Crippen LogP) is 3.43. The van der Waals surface area contributed by atoms with Crippen LogP contribution in [0.5, 0.6) is 17.2 Å². The third-order valence-electron chi connectivity index (χ3n) is 4.62. The van der Waals surface area contributed by atoms with E-state index in [-0.39, 0.29) is 11.7 Å². The lowest BCUT2D eigenvalue weighted by molar-refractivity contribution is -0.121. The van der Waals surface area contributed by atoms with Crippen LogP contribution >= 0.6 is 0 Å². The minimum absolute atomic E-state index is 0.0349. The Kier molecular flexibility index (Phi) is 8.58. The average molecular weight is 404 g/mol. The number of benzene rings is 2. The Morgan fingerprint density at radius 1 is 1.07 bits per heavy atom. The second-order valence-electron chi connectivity index (χ2n) is 6.61. The summed E-state index contributed by atoms with van der Waals surface area (Å²) in [6, 6.07) is 10.3. The molecule has 1 N–H and O–H groups in total. The average Bonchev–Trinajstić information content (AvgIpc) is 2.74. The van der Waals surface area contributed by atoms with Gasteiger partial charge in [0, 0.05) is 26.6 Å². The van der Waals surface area contributed by atoms with E-state index in [1.165, 1.54) is 6.07 Å². The molecule has 2 rings (SSSR count). The standard InChI is InChI=1S/C22H29FN2O4/c1-25(18-9-6-5-8-17(18)23)13-7-12-24-21(26)11-10-16-14-19(27-2)22(29-4)20(15-16)28-3/h5-6,8-9,14-15H,7,10-13H2,1-4H3,(H,24,26). The van der Waals surface area contributed by atoms with Gasteiger partial charge in [-0.3, -0.25) is 4.79 Å². The zero-order valence-corrected chi connectivity index (χ0v) is 17.5. The summed E-state index contributed by atoms with van der Waals surface area (Å²) in [7, 11) is 6.51. The van der Waals surface area contributed by atoms with Gasteiger partial charge in [0.25, 0.3) is 0 Å². The van der Waals surface area contributed by atoms with Gasteiger partial charge in [-0.1, -0.05) is 12.1 Å². The van der Waals surface area contributed by atoms with Crippen LogP contribution < -0.4 is 24.4 Å². The summed E-state index contributed by atoms with van der Waals surface area (Å²) in [5.74, 6) is 1.38. The largest absolute Gasteiger partial charge is 0.493 e. The summed E-state index contributed by atoms with van der Waals surface area (Å²) in [6.45, 7) is 1.18. The lowest BCUT2D eigenvalue weighted by Crippen LogP contribution is -2.28. The van der Waals surface area contributed by atoms with E-state index in [0.29, 0.717) is 48.9 Å². The predicted molar refractivity (Wildman–Crippen MR) is 112 cm³/mol. The molecule has 0 saturated heterocycles. The molecule has 29 heavy (non-hydrogen) atoms. The molecule has 0 bridgehead atoms. The van der Waals surface area contributed by atoms with Crippen molar-refractivity contribution >= 4 is 11.6 Å². The fourth-order valence-electron chi connectivity index (χ4n) is 3.05. The summed E-state index contributed by atoms with van der Waals surface area (Å²) in [5, 5.41) is 2.91. The Bertz CT molecular complexity index is 788. The van der Waals surface area contributed by atoms with E-state index in [2.05, 4.69) is 5.32 Å². The molecule has 0 aliphatic rings. The van der Waals surface area contributed by atoms with Gasteiger partial charge in [0.05, 0.1) is 27.0 Å². The number of anilines is 1. The summed E-state index contributed by atoms with van der Waals surface area (Å²) < 4.78 is 29.7. The zero-order chi connectivity index (χ0) is 21.2. The number of hydrogen-bond donors (Lipinski definition) is 1. The number of rotatable bonds is 11. The van der Waals surface area contributed by atoms with Crippen molar-refractivity contribution in [2.45, 2.75) is 19.3 Å². The third kappa shape index (κ3) is 6.27. The van der Waals surface area contributed by atoms with Crippen LogP contribution in [-0.4, -0.2) is 47.4 Å². The topological polar surface area (TPSA) is 60.0 Å². The number of para-hydroxylation sites is 1. The minimum atomic E-state index is -0.246. The molecule has 0 fully saturated rings. The molecule has 0 heterocycles. The summed E-state index contributed by atoms with van der Waals surface area (Å²) >= 11 is 0. The van der Waals surface area contributed by atoms with Gasteiger partial charge < -0.3 is 24.4 Å². The molecule has 2 aromatic carbocycles. The van der Waals surface area contributed by atoms with Crippen LogP contribution in [-0.2, 0) is 11.2 Å². The highest BCUT2D eigenvalue weighted by molar-refractivity contribution is 5.76. The molecule has 0 atom stereocenters. The SMILES string of the molecule is COc1cc(CCC(=O)NCCCN(C)c2ccccc2F)cc(OC)c1OC. The Balaban J connectivity index is 1.78. The number of methoxy groups -OCH3 is 3. The number of nitrogens with one attached hydrogen (secondary N) is 1. The Morgan fingerprint density at radius 3 is 2.31 bits per heavy atom. The first-order valence-electron chi connectivity index (χ1n) is 9.51. The summed E-state index contributed by atoms with van der Waals surface area (Å²) in [5.41, 5.74) is 1.48. The highest BCUT2D eigenvalue weighted by Crippen LogP contribution is 2.38. The molecule has 0 aliphatic carbocycles. The molecular weight excluding hydrogens is 375 g/mol. The molecule has 0 radical (unpaired) electrons. The van der Waals surface area contributed by atoms with Gasteiger partial charge in [0.15, 0.2) is 11.5 Å². The number of carbonyl (C=O) groups is 1. The van der Waals surface area contributed by atoms with Gasteiger partial charge in [-0.2, -0.15) is 0 Å². The number of amides is 1. The van der Waals surface area contributed by atoms with E-state index in [0.717, 1.165) is 12.0 Å². The number of hydrogen-bond acceptors (Lipinski definition) is 5. The van der Waals surface area contributed by atoms with E-state index >= 15 is 0 Å². The van der Waals surface area contributed by atoms with E-state index < -0.39 is 0 Å². The van der Waals surface area contributed by atoms with Gasteiger partial charge in [0.1, 0.15) is 5.82 Å². The smallest absolute Gasteiger partial charge is 0.220 e. The van der Waals surface area contributed by atoms with Crippen LogP contribution in [0.15, 0.2) is 36.4 Å². The molecule has 0 spiro atoms. The number of carbonyl (C=O) groups excluding carboxylic acids is 1. The Hall–Kier alpha value is -2.96. The molecule has 6 nitrogen and oxygen atoms in total. The van der Waals surface area contributed by atoms with Gasteiger partial charge in [-0.15, -0.1) is 0 Å². The normalized spacial score (nSPS) is 10.4. The third-order valence-corrected chi connectivity index (χ3v) is 4.62. The van der Waals surface area contributed by atoms with Crippen LogP contribution in [0.3, 0.4) is 0 Å². The first-order valence-corrected chi connectivity index (χ1v) is 9.51. The molecule has 2 aromatic rings. The molecule has 0 saturated carbocycles. The van der Waals surface area contributed by atoms with Crippen molar-refractivity contribution in [2.24, 2.45) is 0 Å². The van der Waals surface area contributed by atoms with Gasteiger partial charge in [-0.25, -0.2) is 4.39 Å². The lowest BCUT2D eigenvalue weighted by Gasteiger charge is -2.19. The number of halogens is 1. The van der Waals surface area contributed by atoms with Crippen LogP contribution in [0.1, 0.15) is 18.4 Å². The molecule has 0 aliphatic heterocycles. The minimum Gasteiger partial charge on any atom is -0.493 e. The van der Waals surface area contributed by atoms with Crippen molar-refractivity contribution in [1.82, 2.24) is 5.32 Å². The fraction of sp³-hybridized carbons (Fsp3) is 0.409. The van der Waals surface area contributed by atoms with E-state index in [9.17, 15) is 9.18 Å². The number of aryl methyl sites for hydroxylation is 1. The number of nitrogens with zero attached hydrogens (tertiary/aromatic N) is 1. The molecule has 1 amide bonds. The Labute approximate surface area is 171 Å². The summed E-state index contributed by atoms with van der Waals surface area (Å²) in [6.07, 6.45) is 1.63. The quantitative estimate of drug-likeness (QED) is 0.582. The van der Waals surface area contributed by atoms with Crippen LogP contribution in [0, 0.1) is 5.82 Å². The second kappa shape index (κ2) is 11.1. The zero-order valence-electron chi connectivity index (χ0n) is 17.5. The van der Waals surface area contributed by atoms with Crippen LogP contribution in [0.2, 0.25) is 0 Å². The first-order chi connectivity index (χ1) is 14.0. The van der Waals surface area contributed by atoms with Crippen molar-refractivity contribution in [3.63, 3.8) is 0 Å². The molecule has 0 aromatic heterocycles.